The van der Waals surface area contributed by atoms with Crippen molar-refractivity contribution in [3.63, 3.8) is 0 Å². The molecule has 0 atom stereocenters. The van der Waals surface area contributed by atoms with Crippen molar-refractivity contribution in [3.8, 4) is 0 Å². The van der Waals surface area contributed by atoms with Crippen molar-refractivity contribution in [2.45, 2.75) is 25.6 Å². The Labute approximate surface area is 129 Å². The van der Waals surface area contributed by atoms with Crippen LogP contribution in [0.3, 0.4) is 0 Å². The average molecular weight is 319 g/mol. The van der Waals surface area contributed by atoms with E-state index in [4.69, 9.17) is 4.52 Å². The highest BCUT2D eigenvalue weighted by molar-refractivity contribution is 7.98. The summed E-state index contributed by atoms with van der Waals surface area (Å²) in [6, 6.07) is 1.84. The van der Waals surface area contributed by atoms with Gasteiger partial charge in [-0.2, -0.15) is 11.8 Å². The molecule has 0 amide bonds. The number of thioether (sulfide) groups is 1. The van der Waals surface area contributed by atoms with Crippen molar-refractivity contribution in [3.05, 3.63) is 44.6 Å². The fraction of sp³-hybridized carbons (Fsp3) is 0.357. The molecule has 108 valence electrons. The highest BCUT2D eigenvalue weighted by atomic mass is 32.2. The summed E-state index contributed by atoms with van der Waals surface area (Å²) in [6.07, 6.45) is 2.58. The monoisotopic (exact) mass is 319 g/mol. The van der Waals surface area contributed by atoms with Crippen molar-refractivity contribution in [1.29, 1.82) is 0 Å². The van der Waals surface area contributed by atoms with E-state index in [-0.39, 0.29) is 5.56 Å². The lowest BCUT2D eigenvalue weighted by molar-refractivity contribution is 0.388. The summed E-state index contributed by atoms with van der Waals surface area (Å²) in [5, 5.41) is 4.75. The molecular weight excluding hydrogens is 306 g/mol. The molecule has 0 spiro atoms. The molecule has 21 heavy (non-hydrogen) atoms. The van der Waals surface area contributed by atoms with Gasteiger partial charge in [-0.3, -0.25) is 9.36 Å². The first-order valence-electron chi connectivity index (χ1n) is 6.72. The summed E-state index contributed by atoms with van der Waals surface area (Å²) in [4.78, 5) is 19.4. The minimum Gasteiger partial charge on any atom is -0.361 e. The average Bonchev–Trinajstić information content (AvgIpc) is 3.05. The SMILES string of the molecule is Cc1cc(Cn2cnc3sc4c(c3c2=O)CCSC4)no1. The van der Waals surface area contributed by atoms with Crippen LogP contribution in [0.2, 0.25) is 0 Å². The molecule has 0 N–H and O–H groups in total. The molecule has 4 rings (SSSR count). The molecule has 0 bridgehead atoms. The largest absolute Gasteiger partial charge is 0.361 e. The molecule has 0 saturated heterocycles. The molecular formula is C14H13N3O2S2. The second kappa shape index (κ2) is 4.99. The van der Waals surface area contributed by atoms with Gasteiger partial charge in [0.2, 0.25) is 0 Å². The maximum atomic E-state index is 12.7. The summed E-state index contributed by atoms with van der Waals surface area (Å²) in [6.45, 7) is 2.24. The summed E-state index contributed by atoms with van der Waals surface area (Å²) in [5.41, 5.74) is 1.98. The van der Waals surface area contributed by atoms with Gasteiger partial charge in [0.05, 0.1) is 18.3 Å². The minimum atomic E-state index is 0.0325. The van der Waals surface area contributed by atoms with Crippen LogP contribution >= 0.6 is 23.1 Å². The van der Waals surface area contributed by atoms with Crippen molar-refractivity contribution in [2.75, 3.05) is 5.75 Å². The fourth-order valence-electron chi connectivity index (χ4n) is 2.63. The van der Waals surface area contributed by atoms with Crippen LogP contribution in [-0.2, 0) is 18.7 Å². The van der Waals surface area contributed by atoms with Gasteiger partial charge in [0, 0.05) is 16.7 Å². The van der Waals surface area contributed by atoms with E-state index in [1.807, 2.05) is 24.8 Å². The van der Waals surface area contributed by atoms with E-state index in [9.17, 15) is 4.79 Å². The molecule has 7 heteroatoms. The van der Waals surface area contributed by atoms with E-state index >= 15 is 0 Å². The van der Waals surface area contributed by atoms with Crippen molar-refractivity contribution < 1.29 is 4.52 Å². The first kappa shape index (κ1) is 13.1. The third-order valence-electron chi connectivity index (χ3n) is 3.60. The number of hydrogen-bond donors (Lipinski definition) is 0. The molecule has 0 aliphatic carbocycles. The molecule has 5 nitrogen and oxygen atoms in total. The van der Waals surface area contributed by atoms with Crippen LogP contribution in [-0.4, -0.2) is 20.5 Å². The van der Waals surface area contributed by atoms with Gasteiger partial charge in [-0.25, -0.2) is 4.98 Å². The molecule has 1 aliphatic rings. The molecule has 0 aromatic carbocycles. The normalized spacial score (nSPS) is 14.5. The van der Waals surface area contributed by atoms with Gasteiger partial charge in [-0.15, -0.1) is 11.3 Å². The molecule has 1 aliphatic heterocycles. The van der Waals surface area contributed by atoms with E-state index in [0.29, 0.717) is 6.54 Å². The van der Waals surface area contributed by atoms with Crippen LogP contribution in [0.4, 0.5) is 0 Å². The van der Waals surface area contributed by atoms with Crippen LogP contribution in [0.15, 0.2) is 21.7 Å². The molecule has 0 fully saturated rings. The molecule has 4 heterocycles. The number of aromatic nitrogens is 3. The van der Waals surface area contributed by atoms with Crippen LogP contribution in [0.1, 0.15) is 21.9 Å². The summed E-state index contributed by atoms with van der Waals surface area (Å²) >= 11 is 3.57. The third-order valence-corrected chi connectivity index (χ3v) is 5.91. The zero-order chi connectivity index (χ0) is 14.4. The Morgan fingerprint density at radius 1 is 1.48 bits per heavy atom. The first-order chi connectivity index (χ1) is 10.2. The Hall–Kier alpha value is -1.60. The predicted octanol–water partition coefficient (Wildman–Crippen LogP) is 2.59. The number of hydrogen-bond acceptors (Lipinski definition) is 6. The Morgan fingerprint density at radius 3 is 3.19 bits per heavy atom. The number of rotatable bonds is 2. The maximum absolute atomic E-state index is 12.7. The van der Waals surface area contributed by atoms with Crippen molar-refractivity contribution >= 4 is 33.3 Å². The van der Waals surface area contributed by atoms with Crippen molar-refractivity contribution in [2.24, 2.45) is 0 Å². The molecule has 0 radical (unpaired) electrons. The number of fused-ring (bicyclic) bond motifs is 3. The van der Waals surface area contributed by atoms with Gasteiger partial charge >= 0.3 is 0 Å². The van der Waals surface area contributed by atoms with Gasteiger partial charge in [-0.1, -0.05) is 5.16 Å². The Bertz CT molecular complexity index is 878. The van der Waals surface area contributed by atoms with E-state index in [1.165, 1.54) is 10.4 Å². The second-order valence-electron chi connectivity index (χ2n) is 5.09. The number of thiophene rings is 1. The lowest BCUT2D eigenvalue weighted by Gasteiger charge is -2.10. The summed E-state index contributed by atoms with van der Waals surface area (Å²) in [5.74, 6) is 2.82. The zero-order valence-corrected chi connectivity index (χ0v) is 13.1. The molecule has 3 aromatic rings. The molecule has 0 unspecified atom stereocenters. The van der Waals surface area contributed by atoms with Gasteiger partial charge in [-0.05, 0) is 24.7 Å². The van der Waals surface area contributed by atoms with Crippen LogP contribution in [0.5, 0.6) is 0 Å². The van der Waals surface area contributed by atoms with Gasteiger partial charge in [0.15, 0.2) is 0 Å². The topological polar surface area (TPSA) is 60.9 Å². The highest BCUT2D eigenvalue weighted by Crippen LogP contribution is 2.35. The number of aryl methyl sites for hydroxylation is 2. The maximum Gasteiger partial charge on any atom is 0.262 e. The van der Waals surface area contributed by atoms with Gasteiger partial charge in [0.25, 0.3) is 5.56 Å². The first-order valence-corrected chi connectivity index (χ1v) is 8.69. The Morgan fingerprint density at radius 2 is 2.38 bits per heavy atom. The standard InChI is InChI=1S/C14H13N3O2S2/c1-8-4-9(16-19-8)5-17-7-15-13-12(14(17)18)10-2-3-20-6-11(10)21-13/h4,7H,2-3,5-6H2,1H3. The van der Waals surface area contributed by atoms with E-state index < -0.39 is 0 Å². The predicted molar refractivity (Wildman–Crippen MR) is 84.1 cm³/mol. The minimum absolute atomic E-state index is 0.0325. The van der Waals surface area contributed by atoms with Gasteiger partial charge in [0.1, 0.15) is 16.3 Å². The van der Waals surface area contributed by atoms with Crippen LogP contribution < -0.4 is 5.56 Å². The Kier molecular flexibility index (Phi) is 3.11. The second-order valence-corrected chi connectivity index (χ2v) is 7.28. The highest BCUT2D eigenvalue weighted by Gasteiger charge is 2.20. The summed E-state index contributed by atoms with van der Waals surface area (Å²) < 4.78 is 6.67. The Balaban J connectivity index is 1.84. The van der Waals surface area contributed by atoms with E-state index in [1.54, 1.807) is 22.2 Å². The number of nitrogens with zero attached hydrogens (tertiary/aromatic N) is 3. The third kappa shape index (κ3) is 2.20. The lowest BCUT2D eigenvalue weighted by atomic mass is 10.1. The van der Waals surface area contributed by atoms with Crippen LogP contribution in [0.25, 0.3) is 10.2 Å². The fourth-order valence-corrected chi connectivity index (χ4v) is 4.94. The summed E-state index contributed by atoms with van der Waals surface area (Å²) in [7, 11) is 0. The van der Waals surface area contributed by atoms with Crippen LogP contribution in [0, 0.1) is 6.92 Å². The zero-order valence-electron chi connectivity index (χ0n) is 11.5. The lowest BCUT2D eigenvalue weighted by Crippen LogP contribution is -2.21. The van der Waals surface area contributed by atoms with Crippen molar-refractivity contribution in [1.82, 2.24) is 14.7 Å². The van der Waals surface area contributed by atoms with Gasteiger partial charge < -0.3 is 4.52 Å². The smallest absolute Gasteiger partial charge is 0.262 e. The van der Waals surface area contributed by atoms with E-state index in [2.05, 4.69) is 10.1 Å². The molecule has 3 aromatic heterocycles. The quantitative estimate of drug-likeness (QED) is 0.726. The molecule has 0 saturated carbocycles. The van der Waals surface area contributed by atoms with E-state index in [0.717, 1.165) is 39.6 Å².